The molecule has 0 aliphatic carbocycles. The summed E-state index contributed by atoms with van der Waals surface area (Å²) in [4.78, 5) is 0. The maximum atomic E-state index is 6.25. The van der Waals surface area contributed by atoms with Gasteiger partial charge in [-0.3, -0.25) is 0 Å². The fraction of sp³-hybridized carbons (Fsp3) is 1.00. The van der Waals surface area contributed by atoms with Gasteiger partial charge in [0.05, 0.1) is 6.61 Å². The molecule has 3 heteroatoms. The second-order valence-corrected chi connectivity index (χ2v) is 11.6. The molecule has 0 amide bonds. The standard InChI is InChI=1S/C13H31NOSi/c1-8-9-10-13(5,14)11-15-16(6,7)12(2,3)4/h8-11,14H2,1-7H3/t13-/m1/s1. The molecular weight excluding hydrogens is 214 g/mol. The molecule has 0 aliphatic rings. The third-order valence-electron chi connectivity index (χ3n) is 3.67. The van der Waals surface area contributed by atoms with E-state index in [1.54, 1.807) is 0 Å². The summed E-state index contributed by atoms with van der Waals surface area (Å²) in [7, 11) is -1.63. The molecule has 0 rings (SSSR count). The Balaban J connectivity index is 4.23. The monoisotopic (exact) mass is 245 g/mol. The Morgan fingerprint density at radius 2 is 1.62 bits per heavy atom. The van der Waals surface area contributed by atoms with Crippen molar-refractivity contribution in [3.05, 3.63) is 0 Å². The molecule has 0 aromatic carbocycles. The van der Waals surface area contributed by atoms with Gasteiger partial charge < -0.3 is 10.2 Å². The first-order chi connectivity index (χ1) is 7.02. The third-order valence-corrected chi connectivity index (χ3v) is 8.15. The van der Waals surface area contributed by atoms with Crippen LogP contribution in [0.4, 0.5) is 0 Å². The van der Waals surface area contributed by atoms with Gasteiger partial charge in [0, 0.05) is 5.54 Å². The fourth-order valence-electron chi connectivity index (χ4n) is 1.21. The SMILES string of the molecule is CCCC[C@@](C)(N)CO[Si](C)(C)C(C)(C)C. The summed E-state index contributed by atoms with van der Waals surface area (Å²) >= 11 is 0. The van der Waals surface area contributed by atoms with Gasteiger partial charge in [0.25, 0.3) is 0 Å². The van der Waals surface area contributed by atoms with E-state index in [4.69, 9.17) is 10.2 Å². The van der Waals surface area contributed by atoms with Crippen LogP contribution < -0.4 is 5.73 Å². The van der Waals surface area contributed by atoms with Gasteiger partial charge in [0.15, 0.2) is 8.32 Å². The smallest absolute Gasteiger partial charge is 0.192 e. The molecule has 16 heavy (non-hydrogen) atoms. The van der Waals surface area contributed by atoms with Crippen molar-refractivity contribution in [2.75, 3.05) is 6.61 Å². The van der Waals surface area contributed by atoms with Crippen molar-refractivity contribution in [3.8, 4) is 0 Å². The predicted octanol–water partition coefficient (Wildman–Crippen LogP) is 3.92. The minimum Gasteiger partial charge on any atom is -0.415 e. The van der Waals surface area contributed by atoms with Crippen molar-refractivity contribution in [3.63, 3.8) is 0 Å². The first kappa shape index (κ1) is 16.1. The van der Waals surface area contributed by atoms with Crippen LogP contribution in [-0.4, -0.2) is 20.5 Å². The maximum Gasteiger partial charge on any atom is 0.192 e. The topological polar surface area (TPSA) is 35.2 Å². The maximum absolute atomic E-state index is 6.25. The Morgan fingerprint density at radius 1 is 1.12 bits per heavy atom. The zero-order chi connectivity index (χ0) is 13.0. The summed E-state index contributed by atoms with van der Waals surface area (Å²) in [5.74, 6) is 0. The van der Waals surface area contributed by atoms with E-state index in [9.17, 15) is 0 Å². The average molecular weight is 245 g/mol. The molecule has 0 saturated heterocycles. The number of hydrogen-bond acceptors (Lipinski definition) is 2. The number of hydrogen-bond donors (Lipinski definition) is 1. The molecule has 0 aromatic rings. The molecule has 0 aliphatic heterocycles. The van der Waals surface area contributed by atoms with E-state index in [1.807, 2.05) is 0 Å². The molecule has 2 nitrogen and oxygen atoms in total. The number of rotatable bonds is 6. The third kappa shape index (κ3) is 5.46. The highest BCUT2D eigenvalue weighted by molar-refractivity contribution is 6.74. The van der Waals surface area contributed by atoms with Crippen molar-refractivity contribution >= 4 is 8.32 Å². The molecule has 0 aromatic heterocycles. The van der Waals surface area contributed by atoms with Gasteiger partial charge in [0.2, 0.25) is 0 Å². The van der Waals surface area contributed by atoms with Crippen molar-refractivity contribution in [1.82, 2.24) is 0 Å². The summed E-state index contributed by atoms with van der Waals surface area (Å²) in [5, 5.41) is 0.272. The fourth-order valence-corrected chi connectivity index (χ4v) is 2.34. The lowest BCUT2D eigenvalue weighted by molar-refractivity contribution is 0.201. The van der Waals surface area contributed by atoms with Crippen LogP contribution in [0.2, 0.25) is 18.1 Å². The van der Waals surface area contributed by atoms with Gasteiger partial charge in [0.1, 0.15) is 0 Å². The molecule has 1 atom stereocenters. The molecule has 0 unspecified atom stereocenters. The van der Waals surface area contributed by atoms with Crippen LogP contribution in [0.15, 0.2) is 0 Å². The molecule has 98 valence electrons. The molecule has 2 N–H and O–H groups in total. The van der Waals surface area contributed by atoms with Crippen molar-refractivity contribution in [2.45, 2.75) is 77.6 Å². The molecule has 0 fully saturated rings. The Bertz CT molecular complexity index is 206. The molecule has 0 heterocycles. The minimum absolute atomic E-state index is 0.161. The second kappa shape index (κ2) is 5.65. The Kier molecular flexibility index (Phi) is 5.70. The summed E-state index contributed by atoms with van der Waals surface area (Å²) in [6.07, 6.45) is 3.44. The molecule has 0 bridgehead atoms. The van der Waals surface area contributed by atoms with Crippen LogP contribution in [-0.2, 0) is 4.43 Å². The van der Waals surface area contributed by atoms with Crippen LogP contribution in [0.1, 0.15) is 53.9 Å². The molecule has 0 spiro atoms. The lowest BCUT2D eigenvalue weighted by atomic mass is 9.98. The van der Waals surface area contributed by atoms with Crippen LogP contribution in [0.3, 0.4) is 0 Å². The van der Waals surface area contributed by atoms with Gasteiger partial charge in [-0.25, -0.2) is 0 Å². The highest BCUT2D eigenvalue weighted by Gasteiger charge is 2.38. The van der Waals surface area contributed by atoms with Crippen LogP contribution in [0.25, 0.3) is 0 Å². The summed E-state index contributed by atoms with van der Waals surface area (Å²) in [5.41, 5.74) is 6.09. The van der Waals surface area contributed by atoms with E-state index in [1.165, 1.54) is 12.8 Å². The van der Waals surface area contributed by atoms with Crippen molar-refractivity contribution in [1.29, 1.82) is 0 Å². The summed E-state index contributed by atoms with van der Waals surface area (Å²) in [6, 6.07) is 0. The van der Waals surface area contributed by atoms with E-state index in [-0.39, 0.29) is 10.6 Å². The van der Waals surface area contributed by atoms with Gasteiger partial charge in [-0.2, -0.15) is 0 Å². The quantitative estimate of drug-likeness (QED) is 0.720. The van der Waals surface area contributed by atoms with E-state index in [2.05, 4.69) is 47.7 Å². The lowest BCUT2D eigenvalue weighted by Gasteiger charge is -2.39. The zero-order valence-corrected chi connectivity index (χ0v) is 13.3. The average Bonchev–Trinajstić information content (AvgIpc) is 2.10. The Hall–Kier alpha value is 0.137. The Labute approximate surface area is 103 Å². The minimum atomic E-state index is -1.63. The van der Waals surface area contributed by atoms with E-state index < -0.39 is 8.32 Å². The largest absolute Gasteiger partial charge is 0.415 e. The molecular formula is C13H31NOSi. The van der Waals surface area contributed by atoms with Gasteiger partial charge in [-0.05, 0) is 31.5 Å². The Morgan fingerprint density at radius 3 is 2.00 bits per heavy atom. The van der Waals surface area contributed by atoms with Gasteiger partial charge in [-0.15, -0.1) is 0 Å². The summed E-state index contributed by atoms with van der Waals surface area (Å²) in [6.45, 7) is 16.4. The molecule has 0 radical (unpaired) electrons. The number of nitrogens with two attached hydrogens (primary N) is 1. The highest BCUT2D eigenvalue weighted by Crippen LogP contribution is 2.37. The van der Waals surface area contributed by atoms with Crippen LogP contribution in [0.5, 0.6) is 0 Å². The van der Waals surface area contributed by atoms with E-state index in [0.717, 1.165) is 6.42 Å². The number of unbranched alkanes of at least 4 members (excludes halogenated alkanes) is 1. The molecule has 0 saturated carbocycles. The highest BCUT2D eigenvalue weighted by atomic mass is 28.4. The van der Waals surface area contributed by atoms with Crippen molar-refractivity contribution in [2.24, 2.45) is 5.73 Å². The normalized spacial score (nSPS) is 17.2. The summed E-state index contributed by atoms with van der Waals surface area (Å²) < 4.78 is 6.17. The van der Waals surface area contributed by atoms with E-state index >= 15 is 0 Å². The first-order valence-corrected chi connectivity index (χ1v) is 9.35. The van der Waals surface area contributed by atoms with Crippen LogP contribution >= 0.6 is 0 Å². The van der Waals surface area contributed by atoms with Crippen molar-refractivity contribution < 1.29 is 4.43 Å². The second-order valence-electron chi connectivity index (χ2n) is 6.81. The first-order valence-electron chi connectivity index (χ1n) is 6.45. The van der Waals surface area contributed by atoms with Gasteiger partial charge in [-0.1, -0.05) is 40.5 Å². The van der Waals surface area contributed by atoms with Gasteiger partial charge >= 0.3 is 0 Å². The zero-order valence-electron chi connectivity index (χ0n) is 12.3. The predicted molar refractivity (Wildman–Crippen MR) is 75.3 cm³/mol. The van der Waals surface area contributed by atoms with Crippen LogP contribution in [0, 0.1) is 0 Å². The van der Waals surface area contributed by atoms with E-state index in [0.29, 0.717) is 6.61 Å². The lowest BCUT2D eigenvalue weighted by Crippen LogP contribution is -2.48.